The zero-order valence-corrected chi connectivity index (χ0v) is 13.2. The number of rotatable bonds is 5. The lowest BCUT2D eigenvalue weighted by atomic mass is 10.0. The molecule has 0 spiro atoms. The second-order valence-electron chi connectivity index (χ2n) is 6.19. The molecule has 0 aromatic heterocycles. The topological polar surface area (TPSA) is 55.4 Å². The van der Waals surface area contributed by atoms with Crippen LogP contribution >= 0.6 is 0 Å². The zero-order valence-electron chi connectivity index (χ0n) is 13.2. The molecule has 4 nitrogen and oxygen atoms in total. The molecule has 0 radical (unpaired) electrons. The van der Waals surface area contributed by atoms with Crippen LogP contribution in [0.2, 0.25) is 0 Å². The van der Waals surface area contributed by atoms with E-state index in [0.717, 1.165) is 17.5 Å². The highest BCUT2D eigenvalue weighted by atomic mass is 16.5. The summed E-state index contributed by atoms with van der Waals surface area (Å²) in [5.74, 6) is 0.666. The monoisotopic (exact) mass is 289 g/mol. The van der Waals surface area contributed by atoms with E-state index >= 15 is 0 Å². The number of ether oxygens (including phenoxy) is 1. The van der Waals surface area contributed by atoms with Gasteiger partial charge >= 0.3 is 0 Å². The molecule has 1 aliphatic rings. The summed E-state index contributed by atoms with van der Waals surface area (Å²) < 4.78 is 5.79. The fourth-order valence-corrected chi connectivity index (χ4v) is 2.34. The van der Waals surface area contributed by atoms with Crippen LogP contribution in [-0.4, -0.2) is 23.3 Å². The van der Waals surface area contributed by atoms with Crippen LogP contribution in [0.5, 0.6) is 5.75 Å². The predicted octanol–water partition coefficient (Wildman–Crippen LogP) is 2.89. The Balaban J connectivity index is 2.09. The Morgan fingerprint density at radius 2 is 2.10 bits per heavy atom. The van der Waals surface area contributed by atoms with Gasteiger partial charge in [-0.3, -0.25) is 9.59 Å². The molecule has 1 atom stereocenters. The van der Waals surface area contributed by atoms with Gasteiger partial charge in [0.05, 0.1) is 0 Å². The van der Waals surface area contributed by atoms with Crippen molar-refractivity contribution in [3.8, 4) is 5.75 Å². The lowest BCUT2D eigenvalue weighted by molar-refractivity contribution is -0.129. The van der Waals surface area contributed by atoms with Crippen molar-refractivity contribution in [2.45, 2.75) is 58.6 Å². The van der Waals surface area contributed by atoms with Gasteiger partial charge < -0.3 is 10.1 Å². The molecule has 1 N–H and O–H groups in total. The summed E-state index contributed by atoms with van der Waals surface area (Å²) >= 11 is 0. The van der Waals surface area contributed by atoms with Gasteiger partial charge in [0.2, 0.25) is 0 Å². The predicted molar refractivity (Wildman–Crippen MR) is 81.7 cm³/mol. The fraction of sp³-hybridized carbons (Fsp3) is 0.529. The molecule has 1 aliphatic carbocycles. The number of Topliss-reactive ketones (excluding diaryl/α,β-unsaturated/α-hetero) is 1. The molecule has 1 unspecified atom stereocenters. The lowest BCUT2D eigenvalue weighted by Gasteiger charge is -2.27. The van der Waals surface area contributed by atoms with Crippen LogP contribution in [0.1, 0.15) is 56.5 Å². The van der Waals surface area contributed by atoms with Crippen molar-refractivity contribution in [3.63, 3.8) is 0 Å². The van der Waals surface area contributed by atoms with E-state index < -0.39 is 6.10 Å². The third-order valence-corrected chi connectivity index (χ3v) is 4.05. The van der Waals surface area contributed by atoms with Crippen molar-refractivity contribution in [1.29, 1.82) is 0 Å². The van der Waals surface area contributed by atoms with Crippen LogP contribution in [0.15, 0.2) is 18.2 Å². The number of nitrogens with one attached hydrogen (secondary N) is 1. The molecule has 1 aromatic rings. The quantitative estimate of drug-likeness (QED) is 0.906. The van der Waals surface area contributed by atoms with Crippen molar-refractivity contribution in [2.24, 2.45) is 0 Å². The molecule has 0 fully saturated rings. The highest BCUT2D eigenvalue weighted by Gasteiger charge is 2.26. The smallest absolute Gasteiger partial charge is 0.261 e. The highest BCUT2D eigenvalue weighted by Crippen LogP contribution is 2.31. The van der Waals surface area contributed by atoms with E-state index in [1.54, 1.807) is 13.0 Å². The summed E-state index contributed by atoms with van der Waals surface area (Å²) in [6.07, 6.45) is 1.48. The Morgan fingerprint density at radius 3 is 2.76 bits per heavy atom. The van der Waals surface area contributed by atoms with E-state index in [0.29, 0.717) is 18.6 Å². The van der Waals surface area contributed by atoms with Gasteiger partial charge in [0.15, 0.2) is 11.9 Å². The maximum Gasteiger partial charge on any atom is 0.261 e. The van der Waals surface area contributed by atoms with Crippen LogP contribution in [0, 0.1) is 0 Å². The molecule has 2 rings (SSSR count). The molecule has 0 bridgehead atoms. The number of carbonyl (C=O) groups is 2. The summed E-state index contributed by atoms with van der Waals surface area (Å²) in [6, 6.07) is 5.45. The molecular weight excluding hydrogens is 266 g/mol. The molecule has 21 heavy (non-hydrogen) atoms. The van der Waals surface area contributed by atoms with Crippen LogP contribution < -0.4 is 10.1 Å². The van der Waals surface area contributed by atoms with Crippen LogP contribution in [0.25, 0.3) is 0 Å². The Bertz CT molecular complexity index is 563. The van der Waals surface area contributed by atoms with Gasteiger partial charge in [-0.05, 0) is 39.7 Å². The fourth-order valence-electron chi connectivity index (χ4n) is 2.34. The van der Waals surface area contributed by atoms with Crippen molar-refractivity contribution >= 4 is 11.7 Å². The molecule has 4 heteroatoms. The first-order chi connectivity index (χ1) is 9.84. The van der Waals surface area contributed by atoms with Crippen molar-refractivity contribution in [1.82, 2.24) is 5.32 Å². The maximum atomic E-state index is 12.2. The number of hydrogen-bond donors (Lipinski definition) is 1. The van der Waals surface area contributed by atoms with E-state index in [2.05, 4.69) is 5.32 Å². The third-order valence-electron chi connectivity index (χ3n) is 4.05. The molecule has 0 saturated heterocycles. The Hall–Kier alpha value is -1.84. The number of carbonyl (C=O) groups excluding carboxylic acids is 2. The average Bonchev–Trinajstić information content (AvgIpc) is 2.81. The van der Waals surface area contributed by atoms with Crippen molar-refractivity contribution in [3.05, 3.63) is 29.3 Å². The first kappa shape index (κ1) is 15.5. The van der Waals surface area contributed by atoms with Crippen LogP contribution in [0.4, 0.5) is 0 Å². The highest BCUT2D eigenvalue weighted by molar-refractivity contribution is 6.01. The summed E-state index contributed by atoms with van der Waals surface area (Å²) in [4.78, 5) is 23.9. The number of benzene rings is 1. The van der Waals surface area contributed by atoms with E-state index in [1.807, 2.05) is 32.9 Å². The van der Waals surface area contributed by atoms with Crippen LogP contribution in [0.3, 0.4) is 0 Å². The number of hydrogen-bond acceptors (Lipinski definition) is 3. The SMILES string of the molecule is CCC(C)(C)NC(=O)C(C)Oc1cccc2c1CCC2=O. The molecule has 0 aliphatic heterocycles. The summed E-state index contributed by atoms with van der Waals surface area (Å²) in [5, 5.41) is 2.97. The molecule has 114 valence electrons. The van der Waals surface area contributed by atoms with Crippen molar-refractivity contribution in [2.75, 3.05) is 0 Å². The summed E-state index contributed by atoms with van der Waals surface area (Å²) in [6.45, 7) is 7.73. The Morgan fingerprint density at radius 1 is 1.38 bits per heavy atom. The van der Waals surface area contributed by atoms with E-state index in [1.165, 1.54) is 0 Å². The van der Waals surface area contributed by atoms with Gasteiger partial charge in [-0.25, -0.2) is 0 Å². The standard InChI is InChI=1S/C17H23NO3/c1-5-17(3,4)18-16(20)11(2)21-15-8-6-7-12-13(15)9-10-14(12)19/h6-8,11H,5,9-10H2,1-4H3,(H,18,20). The van der Waals surface area contributed by atoms with Crippen molar-refractivity contribution < 1.29 is 14.3 Å². The second-order valence-corrected chi connectivity index (χ2v) is 6.19. The number of fused-ring (bicyclic) bond motifs is 1. The van der Waals surface area contributed by atoms with Gasteiger partial charge in [0.25, 0.3) is 5.91 Å². The molecule has 0 heterocycles. The first-order valence-electron chi connectivity index (χ1n) is 7.48. The normalized spacial score (nSPS) is 15.5. The molecular formula is C17H23NO3. The zero-order chi connectivity index (χ0) is 15.6. The van der Waals surface area contributed by atoms with Gasteiger partial charge in [0, 0.05) is 23.1 Å². The Kier molecular flexibility index (Phi) is 4.35. The number of amides is 1. The Labute approximate surface area is 125 Å². The van der Waals surface area contributed by atoms with E-state index in [9.17, 15) is 9.59 Å². The first-order valence-corrected chi connectivity index (χ1v) is 7.48. The summed E-state index contributed by atoms with van der Waals surface area (Å²) in [7, 11) is 0. The number of ketones is 1. The minimum atomic E-state index is -0.585. The van der Waals surface area contributed by atoms with Crippen LogP contribution in [-0.2, 0) is 11.2 Å². The average molecular weight is 289 g/mol. The van der Waals surface area contributed by atoms with E-state index in [-0.39, 0.29) is 17.2 Å². The van der Waals surface area contributed by atoms with E-state index in [4.69, 9.17) is 4.74 Å². The molecule has 0 saturated carbocycles. The molecule has 1 aromatic carbocycles. The maximum absolute atomic E-state index is 12.2. The lowest BCUT2D eigenvalue weighted by Crippen LogP contribution is -2.48. The summed E-state index contributed by atoms with van der Waals surface area (Å²) in [5.41, 5.74) is 1.41. The van der Waals surface area contributed by atoms with Gasteiger partial charge in [-0.2, -0.15) is 0 Å². The molecule has 1 amide bonds. The minimum Gasteiger partial charge on any atom is -0.481 e. The van der Waals surface area contributed by atoms with Gasteiger partial charge in [-0.15, -0.1) is 0 Å². The minimum absolute atomic E-state index is 0.135. The largest absolute Gasteiger partial charge is 0.481 e. The van der Waals surface area contributed by atoms with Gasteiger partial charge in [0.1, 0.15) is 5.75 Å². The second kappa shape index (κ2) is 5.88. The third kappa shape index (κ3) is 3.43. The van der Waals surface area contributed by atoms with Gasteiger partial charge in [-0.1, -0.05) is 19.1 Å².